The van der Waals surface area contributed by atoms with E-state index in [9.17, 15) is 4.79 Å². The third kappa shape index (κ3) is 2.79. The molecule has 1 nitrogen and oxygen atoms in total. The Kier molecular flexibility index (Phi) is 4.42. The molecule has 1 aromatic rings. The summed E-state index contributed by atoms with van der Waals surface area (Å²) < 4.78 is 0. The number of halogens is 3. The SMILES string of the molecule is O=C(Cl)c1cc(CBr)ccc1CBr. The molecular weight excluding hydrogens is 319 g/mol. The Morgan fingerprint density at radius 3 is 2.46 bits per heavy atom. The number of alkyl halides is 2. The van der Waals surface area contributed by atoms with Crippen molar-refractivity contribution in [3.8, 4) is 0 Å². The first kappa shape index (κ1) is 11.2. The molecular formula is C9H7Br2ClO. The topological polar surface area (TPSA) is 17.1 Å². The Morgan fingerprint density at radius 1 is 1.31 bits per heavy atom. The minimum atomic E-state index is -0.405. The second kappa shape index (κ2) is 5.13. The van der Waals surface area contributed by atoms with Gasteiger partial charge in [-0.15, -0.1) is 0 Å². The monoisotopic (exact) mass is 324 g/mol. The number of carbonyl (C=O) groups is 1. The lowest BCUT2D eigenvalue weighted by atomic mass is 10.1. The zero-order valence-corrected chi connectivity index (χ0v) is 10.6. The quantitative estimate of drug-likeness (QED) is 0.609. The van der Waals surface area contributed by atoms with E-state index in [0.29, 0.717) is 10.9 Å². The summed E-state index contributed by atoms with van der Waals surface area (Å²) in [5, 5.41) is 0.966. The lowest BCUT2D eigenvalue weighted by Crippen LogP contribution is -1.96. The van der Waals surface area contributed by atoms with Gasteiger partial charge in [0.2, 0.25) is 0 Å². The number of benzene rings is 1. The van der Waals surface area contributed by atoms with Crippen LogP contribution < -0.4 is 0 Å². The molecule has 0 aromatic heterocycles. The molecule has 13 heavy (non-hydrogen) atoms. The van der Waals surface area contributed by atoms with Gasteiger partial charge in [-0.2, -0.15) is 0 Å². The first-order valence-corrected chi connectivity index (χ1v) is 6.24. The summed E-state index contributed by atoms with van der Waals surface area (Å²) in [5.41, 5.74) is 2.55. The average molecular weight is 326 g/mol. The van der Waals surface area contributed by atoms with E-state index in [4.69, 9.17) is 11.6 Å². The Balaban J connectivity index is 3.18. The second-order valence-electron chi connectivity index (χ2n) is 2.53. The maximum Gasteiger partial charge on any atom is 0.252 e. The zero-order chi connectivity index (χ0) is 9.84. The average Bonchev–Trinajstić information content (AvgIpc) is 2.16. The van der Waals surface area contributed by atoms with Gasteiger partial charge in [-0.25, -0.2) is 0 Å². The van der Waals surface area contributed by atoms with Crippen molar-refractivity contribution < 1.29 is 4.79 Å². The molecule has 0 bridgehead atoms. The molecule has 0 spiro atoms. The molecule has 0 aliphatic rings. The third-order valence-corrected chi connectivity index (χ3v) is 3.14. The highest BCUT2D eigenvalue weighted by atomic mass is 79.9. The number of carbonyl (C=O) groups excluding carboxylic acids is 1. The molecule has 0 saturated carbocycles. The van der Waals surface area contributed by atoms with Crippen LogP contribution >= 0.6 is 43.5 Å². The summed E-state index contributed by atoms with van der Waals surface area (Å²) >= 11 is 12.1. The van der Waals surface area contributed by atoms with Crippen molar-refractivity contribution >= 4 is 48.7 Å². The van der Waals surface area contributed by atoms with E-state index in [2.05, 4.69) is 31.9 Å². The summed E-state index contributed by atoms with van der Waals surface area (Å²) in [4.78, 5) is 11.0. The summed E-state index contributed by atoms with van der Waals surface area (Å²) in [5.74, 6) is 0. The number of hydrogen-bond acceptors (Lipinski definition) is 1. The van der Waals surface area contributed by atoms with Crippen molar-refractivity contribution in [3.05, 3.63) is 34.9 Å². The van der Waals surface area contributed by atoms with Crippen molar-refractivity contribution in [1.82, 2.24) is 0 Å². The normalized spacial score (nSPS) is 10.1. The van der Waals surface area contributed by atoms with Gasteiger partial charge in [-0.3, -0.25) is 4.79 Å². The highest BCUT2D eigenvalue weighted by Gasteiger charge is 2.08. The highest BCUT2D eigenvalue weighted by molar-refractivity contribution is 9.08. The van der Waals surface area contributed by atoms with E-state index >= 15 is 0 Å². The highest BCUT2D eigenvalue weighted by Crippen LogP contribution is 2.18. The molecule has 0 unspecified atom stereocenters. The minimum Gasteiger partial charge on any atom is -0.276 e. The molecule has 0 fully saturated rings. The van der Waals surface area contributed by atoms with Crippen LogP contribution in [0, 0.1) is 0 Å². The fraction of sp³-hybridized carbons (Fsp3) is 0.222. The van der Waals surface area contributed by atoms with Crippen LogP contribution in [0.15, 0.2) is 18.2 Å². The van der Waals surface area contributed by atoms with Gasteiger partial charge in [0.25, 0.3) is 5.24 Å². The van der Waals surface area contributed by atoms with Crippen molar-refractivity contribution in [1.29, 1.82) is 0 Å². The summed E-state index contributed by atoms with van der Waals surface area (Å²) in [6.45, 7) is 0. The van der Waals surface area contributed by atoms with Crippen LogP contribution in [0.5, 0.6) is 0 Å². The standard InChI is InChI=1S/C9H7Br2ClO/c10-4-6-1-2-7(5-11)8(3-6)9(12)13/h1-3H,4-5H2. The maximum absolute atomic E-state index is 11.0. The molecule has 0 aliphatic carbocycles. The van der Waals surface area contributed by atoms with Crippen LogP contribution in [-0.4, -0.2) is 5.24 Å². The minimum absolute atomic E-state index is 0.405. The van der Waals surface area contributed by atoms with Crippen LogP contribution in [0.3, 0.4) is 0 Å². The van der Waals surface area contributed by atoms with E-state index in [1.54, 1.807) is 6.07 Å². The van der Waals surface area contributed by atoms with Crippen LogP contribution in [0.25, 0.3) is 0 Å². The van der Waals surface area contributed by atoms with E-state index in [0.717, 1.165) is 16.5 Å². The Labute approximate surface area is 98.7 Å². The molecule has 0 aliphatic heterocycles. The molecule has 0 radical (unpaired) electrons. The van der Waals surface area contributed by atoms with Crippen LogP contribution in [0.4, 0.5) is 0 Å². The van der Waals surface area contributed by atoms with Gasteiger partial charge >= 0.3 is 0 Å². The smallest absolute Gasteiger partial charge is 0.252 e. The third-order valence-electron chi connectivity index (χ3n) is 1.68. The predicted molar refractivity (Wildman–Crippen MR) is 61.9 cm³/mol. The lowest BCUT2D eigenvalue weighted by molar-refractivity contribution is 0.108. The van der Waals surface area contributed by atoms with E-state index in [1.807, 2.05) is 12.1 Å². The summed E-state index contributed by atoms with van der Waals surface area (Å²) in [6, 6.07) is 5.68. The van der Waals surface area contributed by atoms with Gasteiger partial charge in [0.1, 0.15) is 0 Å². The fourth-order valence-corrected chi connectivity index (χ4v) is 2.02. The molecule has 0 saturated heterocycles. The van der Waals surface area contributed by atoms with Gasteiger partial charge < -0.3 is 0 Å². The van der Waals surface area contributed by atoms with Crippen LogP contribution in [0.1, 0.15) is 21.5 Å². The molecule has 0 amide bonds. The first-order chi connectivity index (χ1) is 6.19. The predicted octanol–water partition coefficient (Wildman–Crippen LogP) is 3.86. The molecule has 0 atom stereocenters. The molecule has 1 rings (SSSR count). The van der Waals surface area contributed by atoms with Crippen LogP contribution in [0.2, 0.25) is 0 Å². The van der Waals surface area contributed by atoms with E-state index in [1.165, 1.54) is 0 Å². The molecule has 70 valence electrons. The van der Waals surface area contributed by atoms with Gasteiger partial charge in [-0.05, 0) is 28.8 Å². The van der Waals surface area contributed by atoms with Crippen molar-refractivity contribution in [2.75, 3.05) is 0 Å². The summed E-state index contributed by atoms with van der Waals surface area (Å²) in [6.07, 6.45) is 0. The zero-order valence-electron chi connectivity index (χ0n) is 6.69. The van der Waals surface area contributed by atoms with Crippen LogP contribution in [-0.2, 0) is 10.7 Å². The summed E-state index contributed by atoms with van der Waals surface area (Å²) in [7, 11) is 0. The van der Waals surface area contributed by atoms with Crippen molar-refractivity contribution in [2.45, 2.75) is 10.7 Å². The van der Waals surface area contributed by atoms with Crippen molar-refractivity contribution in [3.63, 3.8) is 0 Å². The largest absolute Gasteiger partial charge is 0.276 e. The molecule has 4 heteroatoms. The van der Waals surface area contributed by atoms with Gasteiger partial charge in [-0.1, -0.05) is 44.0 Å². The van der Waals surface area contributed by atoms with Crippen molar-refractivity contribution in [2.24, 2.45) is 0 Å². The Hall–Kier alpha value is 0.140. The Morgan fingerprint density at radius 2 is 2.00 bits per heavy atom. The second-order valence-corrected chi connectivity index (χ2v) is 4.00. The molecule has 1 aromatic carbocycles. The number of hydrogen-bond donors (Lipinski definition) is 0. The maximum atomic E-state index is 11.0. The molecule has 0 heterocycles. The van der Waals surface area contributed by atoms with E-state index < -0.39 is 5.24 Å². The van der Waals surface area contributed by atoms with E-state index in [-0.39, 0.29) is 0 Å². The fourth-order valence-electron chi connectivity index (χ4n) is 1.01. The van der Waals surface area contributed by atoms with Gasteiger partial charge in [0.05, 0.1) is 0 Å². The first-order valence-electron chi connectivity index (χ1n) is 3.62. The van der Waals surface area contributed by atoms with Gasteiger partial charge in [0.15, 0.2) is 0 Å². The number of rotatable bonds is 3. The molecule has 0 N–H and O–H groups in total. The van der Waals surface area contributed by atoms with Gasteiger partial charge in [0, 0.05) is 16.2 Å². The Bertz CT molecular complexity index is 325. The lowest BCUT2D eigenvalue weighted by Gasteiger charge is -2.04.